The molecule has 10 heteroatoms. The Kier molecular flexibility index (Phi) is 6.92. The van der Waals surface area contributed by atoms with E-state index in [2.05, 4.69) is 15.5 Å². The average molecular weight is 473 g/mol. The lowest BCUT2D eigenvalue weighted by Crippen LogP contribution is -2.35. The van der Waals surface area contributed by atoms with Gasteiger partial charge in [0.05, 0.1) is 5.03 Å². The summed E-state index contributed by atoms with van der Waals surface area (Å²) in [5.41, 5.74) is 0.794. The summed E-state index contributed by atoms with van der Waals surface area (Å²) in [6.45, 7) is 2.82. The van der Waals surface area contributed by atoms with Gasteiger partial charge >= 0.3 is 0 Å². The molecule has 0 bridgehead atoms. The Morgan fingerprint density at radius 1 is 1.12 bits per heavy atom. The molecule has 1 N–H and O–H groups in total. The molecule has 1 atom stereocenters. The van der Waals surface area contributed by atoms with Crippen LogP contribution in [0.5, 0.6) is 0 Å². The maximum absolute atomic E-state index is 13.0. The Labute approximate surface area is 191 Å². The number of sulfonamides is 1. The van der Waals surface area contributed by atoms with Gasteiger partial charge in [0.2, 0.25) is 15.9 Å². The van der Waals surface area contributed by atoms with Gasteiger partial charge in [-0.05, 0) is 37.5 Å². The number of piperidine rings is 1. The van der Waals surface area contributed by atoms with Crippen molar-refractivity contribution in [3.05, 3.63) is 66.1 Å². The fourth-order valence-corrected chi connectivity index (χ4v) is 5.91. The van der Waals surface area contributed by atoms with E-state index < -0.39 is 15.3 Å². The summed E-state index contributed by atoms with van der Waals surface area (Å²) < 4.78 is 32.2. The SMILES string of the molecule is Cc1cc(NC(=O)C(Sc2ccc(S(=O)(=O)N3CCCCC3)cn2)c2ccccc2)no1. The molecule has 1 aliphatic heterocycles. The lowest BCUT2D eigenvalue weighted by Gasteiger charge is -2.25. The van der Waals surface area contributed by atoms with E-state index in [1.54, 1.807) is 25.1 Å². The summed E-state index contributed by atoms with van der Waals surface area (Å²) in [5, 5.41) is 6.52. The molecule has 1 unspecified atom stereocenters. The van der Waals surface area contributed by atoms with Crippen LogP contribution in [-0.4, -0.2) is 41.9 Å². The number of nitrogens with zero attached hydrogens (tertiary/aromatic N) is 3. The summed E-state index contributed by atoms with van der Waals surface area (Å²) in [6, 6.07) is 14.2. The highest BCUT2D eigenvalue weighted by Gasteiger charge is 2.27. The van der Waals surface area contributed by atoms with Crippen LogP contribution in [0.1, 0.15) is 35.8 Å². The first kappa shape index (κ1) is 22.5. The van der Waals surface area contributed by atoms with Gasteiger partial charge in [0, 0.05) is 25.4 Å². The minimum absolute atomic E-state index is 0.169. The fraction of sp³-hybridized carbons (Fsp3) is 0.318. The van der Waals surface area contributed by atoms with E-state index >= 15 is 0 Å². The van der Waals surface area contributed by atoms with Crippen LogP contribution in [-0.2, 0) is 14.8 Å². The standard InChI is InChI=1S/C22H24N4O4S2/c1-16-14-19(25-30-16)24-22(27)21(17-8-4-2-5-9-17)31-20-11-10-18(15-23-20)32(28,29)26-12-6-3-7-13-26/h2,4-5,8-11,14-15,21H,3,6-7,12-13H2,1H3,(H,24,25,27). The molecule has 32 heavy (non-hydrogen) atoms. The van der Waals surface area contributed by atoms with Crippen LogP contribution in [0.3, 0.4) is 0 Å². The van der Waals surface area contributed by atoms with Gasteiger partial charge in [0.15, 0.2) is 5.82 Å². The molecule has 8 nitrogen and oxygen atoms in total. The van der Waals surface area contributed by atoms with Crippen LogP contribution in [0, 0.1) is 6.92 Å². The van der Waals surface area contributed by atoms with Crippen molar-refractivity contribution in [2.75, 3.05) is 18.4 Å². The first-order valence-corrected chi connectivity index (χ1v) is 12.7. The van der Waals surface area contributed by atoms with Gasteiger partial charge in [0.25, 0.3) is 0 Å². The highest BCUT2D eigenvalue weighted by molar-refractivity contribution is 8.00. The maximum Gasteiger partial charge on any atom is 0.244 e. The van der Waals surface area contributed by atoms with Gasteiger partial charge in [-0.15, -0.1) is 0 Å². The topological polar surface area (TPSA) is 105 Å². The summed E-state index contributed by atoms with van der Waals surface area (Å²) in [4.78, 5) is 17.5. The van der Waals surface area contributed by atoms with E-state index in [1.807, 2.05) is 30.3 Å². The third kappa shape index (κ3) is 5.20. The van der Waals surface area contributed by atoms with E-state index in [-0.39, 0.29) is 10.8 Å². The summed E-state index contributed by atoms with van der Waals surface area (Å²) in [5.74, 6) is 0.655. The second kappa shape index (κ2) is 9.85. The number of hydrogen-bond acceptors (Lipinski definition) is 7. The number of thioether (sulfide) groups is 1. The van der Waals surface area contributed by atoms with E-state index in [0.29, 0.717) is 29.7 Å². The minimum atomic E-state index is -3.55. The second-order valence-electron chi connectivity index (χ2n) is 7.52. The molecule has 0 spiro atoms. The summed E-state index contributed by atoms with van der Waals surface area (Å²) in [7, 11) is -3.55. The quantitative estimate of drug-likeness (QED) is 0.518. The number of rotatable bonds is 7. The number of benzene rings is 1. The lowest BCUT2D eigenvalue weighted by atomic mass is 10.1. The molecular formula is C22H24N4O4S2. The molecule has 2 aromatic heterocycles. The van der Waals surface area contributed by atoms with Crippen LogP contribution in [0.15, 0.2) is 69.2 Å². The highest BCUT2D eigenvalue weighted by Crippen LogP contribution is 2.35. The van der Waals surface area contributed by atoms with Crippen molar-refractivity contribution >= 4 is 33.5 Å². The number of anilines is 1. The molecule has 0 radical (unpaired) electrons. The number of nitrogens with one attached hydrogen (secondary N) is 1. The van der Waals surface area contributed by atoms with E-state index in [9.17, 15) is 13.2 Å². The van der Waals surface area contributed by atoms with Crippen molar-refractivity contribution in [1.29, 1.82) is 0 Å². The van der Waals surface area contributed by atoms with E-state index in [0.717, 1.165) is 24.8 Å². The zero-order chi connectivity index (χ0) is 22.6. The highest BCUT2D eigenvalue weighted by atomic mass is 32.2. The van der Waals surface area contributed by atoms with Crippen LogP contribution in [0.2, 0.25) is 0 Å². The van der Waals surface area contributed by atoms with Gasteiger partial charge in [-0.2, -0.15) is 4.31 Å². The molecule has 3 aromatic rings. The molecular weight excluding hydrogens is 448 g/mol. The Morgan fingerprint density at radius 2 is 1.88 bits per heavy atom. The van der Waals surface area contributed by atoms with Crippen LogP contribution >= 0.6 is 11.8 Å². The van der Waals surface area contributed by atoms with Crippen molar-refractivity contribution in [3.63, 3.8) is 0 Å². The van der Waals surface area contributed by atoms with E-state index in [4.69, 9.17) is 4.52 Å². The lowest BCUT2D eigenvalue weighted by molar-refractivity contribution is -0.115. The number of pyridine rings is 1. The third-order valence-corrected chi connectivity index (χ3v) is 8.21. The Bertz CT molecular complexity index is 1160. The number of aryl methyl sites for hydroxylation is 1. The van der Waals surface area contributed by atoms with Gasteiger partial charge in [0.1, 0.15) is 15.9 Å². The van der Waals surface area contributed by atoms with E-state index in [1.165, 1.54) is 22.3 Å². The largest absolute Gasteiger partial charge is 0.360 e. The molecule has 1 aromatic carbocycles. The van der Waals surface area contributed by atoms with Crippen LogP contribution in [0.25, 0.3) is 0 Å². The van der Waals surface area contributed by atoms with Gasteiger partial charge in [-0.25, -0.2) is 13.4 Å². The maximum atomic E-state index is 13.0. The molecule has 3 heterocycles. The van der Waals surface area contributed by atoms with Crippen molar-refractivity contribution < 1.29 is 17.7 Å². The van der Waals surface area contributed by atoms with Crippen molar-refractivity contribution in [2.24, 2.45) is 0 Å². The molecule has 1 aliphatic rings. The first-order chi connectivity index (χ1) is 15.4. The van der Waals surface area contributed by atoms with Crippen molar-refractivity contribution in [3.8, 4) is 0 Å². The number of amides is 1. The molecule has 1 fully saturated rings. The number of hydrogen-bond donors (Lipinski definition) is 1. The summed E-state index contributed by atoms with van der Waals surface area (Å²) in [6.07, 6.45) is 4.17. The zero-order valence-electron chi connectivity index (χ0n) is 17.6. The Hall–Kier alpha value is -2.69. The third-order valence-electron chi connectivity index (χ3n) is 5.12. The summed E-state index contributed by atoms with van der Waals surface area (Å²) >= 11 is 1.24. The van der Waals surface area contributed by atoms with Gasteiger partial charge in [-0.1, -0.05) is 53.7 Å². The monoisotopic (exact) mass is 472 g/mol. The molecule has 4 rings (SSSR count). The Morgan fingerprint density at radius 3 is 2.50 bits per heavy atom. The average Bonchev–Trinajstić information content (AvgIpc) is 3.23. The second-order valence-corrected chi connectivity index (χ2v) is 10.6. The molecule has 0 aliphatic carbocycles. The smallest absolute Gasteiger partial charge is 0.244 e. The Balaban J connectivity index is 1.53. The zero-order valence-corrected chi connectivity index (χ0v) is 19.2. The normalized spacial score (nSPS) is 15.9. The van der Waals surface area contributed by atoms with Crippen molar-refractivity contribution in [1.82, 2.24) is 14.4 Å². The minimum Gasteiger partial charge on any atom is -0.360 e. The van der Waals surface area contributed by atoms with Crippen LogP contribution in [0.4, 0.5) is 5.82 Å². The van der Waals surface area contributed by atoms with Gasteiger partial charge in [-0.3, -0.25) is 4.79 Å². The molecule has 1 saturated heterocycles. The fourth-order valence-electron chi connectivity index (χ4n) is 3.48. The van der Waals surface area contributed by atoms with Crippen molar-refractivity contribution in [2.45, 2.75) is 41.4 Å². The predicted octanol–water partition coefficient (Wildman–Crippen LogP) is 4.02. The predicted molar refractivity (Wildman–Crippen MR) is 122 cm³/mol. The van der Waals surface area contributed by atoms with Crippen LogP contribution < -0.4 is 5.32 Å². The number of aromatic nitrogens is 2. The van der Waals surface area contributed by atoms with Gasteiger partial charge < -0.3 is 9.84 Å². The first-order valence-electron chi connectivity index (χ1n) is 10.4. The molecule has 168 valence electrons. The molecule has 1 amide bonds. The number of carbonyl (C=O) groups is 1. The number of carbonyl (C=O) groups excluding carboxylic acids is 1. The molecule has 0 saturated carbocycles.